The molecule has 1 amide bonds. The van der Waals surface area contributed by atoms with Gasteiger partial charge in [0.1, 0.15) is 17.0 Å². The van der Waals surface area contributed by atoms with E-state index in [4.69, 9.17) is 4.74 Å². The number of nitrogens with zero attached hydrogens (tertiary/aromatic N) is 1. The van der Waals surface area contributed by atoms with Crippen molar-refractivity contribution in [1.29, 1.82) is 0 Å². The van der Waals surface area contributed by atoms with Gasteiger partial charge >= 0.3 is 5.97 Å². The van der Waals surface area contributed by atoms with E-state index in [0.717, 1.165) is 62.9 Å². The second-order valence-corrected chi connectivity index (χ2v) is 14.3. The van der Waals surface area contributed by atoms with Gasteiger partial charge in [-0.25, -0.2) is 4.79 Å². The highest BCUT2D eigenvalue weighted by Gasteiger charge is 2.58. The van der Waals surface area contributed by atoms with Gasteiger partial charge in [-0.15, -0.1) is 0 Å². The number of hydrogen-bond donors (Lipinski definition) is 6. The van der Waals surface area contributed by atoms with Crippen molar-refractivity contribution in [2.75, 3.05) is 39.3 Å². The monoisotopic (exact) mass is 694 g/mol. The zero-order chi connectivity index (χ0) is 35.5. The molecule has 11 nitrogen and oxygen atoms in total. The minimum Gasteiger partial charge on any atom is -0.506 e. The molecule has 2 bridgehead atoms. The molecule has 0 spiro atoms. The molecule has 0 saturated carbocycles. The number of carbonyl (C=O) groups is 2. The fraction of sp³-hybridized carbons (Fsp3) is 0.425. The van der Waals surface area contributed by atoms with Crippen LogP contribution in [0, 0.1) is 11.8 Å². The summed E-state index contributed by atoms with van der Waals surface area (Å²) in [6, 6.07) is 21.0. The van der Waals surface area contributed by atoms with Crippen molar-refractivity contribution in [3.63, 3.8) is 0 Å². The number of aliphatic carboxylic acids is 1. The molecule has 3 aliphatic heterocycles. The molecule has 1 aromatic heterocycles. The number of aromatic amines is 1. The summed E-state index contributed by atoms with van der Waals surface area (Å²) in [4.78, 5) is 43.8. The predicted molar refractivity (Wildman–Crippen MR) is 193 cm³/mol. The second-order valence-electron chi connectivity index (χ2n) is 14.3. The second kappa shape index (κ2) is 14.9. The first kappa shape index (κ1) is 34.7. The third-order valence-corrected chi connectivity index (χ3v) is 11.2. The number of H-pyrrole nitrogens is 1. The van der Waals surface area contributed by atoms with Crippen molar-refractivity contribution in [3.05, 3.63) is 105 Å². The number of aliphatic hydroxyl groups is 1. The van der Waals surface area contributed by atoms with Crippen LogP contribution in [0.3, 0.4) is 0 Å². The molecule has 8 rings (SSSR count). The van der Waals surface area contributed by atoms with Gasteiger partial charge in [-0.3, -0.25) is 9.59 Å². The fourth-order valence-electron chi connectivity index (χ4n) is 8.66. The van der Waals surface area contributed by atoms with Crippen LogP contribution in [0.15, 0.2) is 77.6 Å². The van der Waals surface area contributed by atoms with Crippen LogP contribution in [0.1, 0.15) is 71.2 Å². The van der Waals surface area contributed by atoms with Crippen molar-refractivity contribution >= 4 is 22.8 Å². The minimum absolute atomic E-state index is 0.0428. The van der Waals surface area contributed by atoms with Gasteiger partial charge in [0, 0.05) is 42.4 Å². The number of ether oxygens (including phenoxy) is 1. The predicted octanol–water partition coefficient (Wildman–Crippen LogP) is 4.34. The number of amides is 1. The number of pyridine rings is 1. The van der Waals surface area contributed by atoms with E-state index >= 15 is 0 Å². The molecule has 3 aromatic carbocycles. The molecule has 3 fully saturated rings. The Balaban J connectivity index is 0.908. The summed E-state index contributed by atoms with van der Waals surface area (Å²) >= 11 is 0. The fourth-order valence-corrected chi connectivity index (χ4v) is 8.66. The van der Waals surface area contributed by atoms with E-state index in [2.05, 4.69) is 20.5 Å². The van der Waals surface area contributed by atoms with Crippen LogP contribution in [0.5, 0.6) is 11.5 Å². The number of aromatic nitrogens is 1. The average molecular weight is 695 g/mol. The zero-order valence-electron chi connectivity index (χ0n) is 28.6. The highest BCUT2D eigenvalue weighted by molar-refractivity contribution is 5.99. The number of nitrogens with one attached hydrogen (secondary N) is 3. The molecule has 3 unspecified atom stereocenters. The summed E-state index contributed by atoms with van der Waals surface area (Å²) in [6.07, 6.45) is 4.12. The molecule has 1 aliphatic carbocycles. The summed E-state index contributed by atoms with van der Waals surface area (Å²) in [5, 5.41) is 38.6. The summed E-state index contributed by atoms with van der Waals surface area (Å²) in [7, 11) is 0. The number of carboxylic acid groups (broad SMARTS) is 1. The molecule has 4 aromatic rings. The number of piperidine rings is 3. The largest absolute Gasteiger partial charge is 0.506 e. The normalized spacial score (nSPS) is 24.3. The lowest BCUT2D eigenvalue weighted by Gasteiger charge is -2.50. The molecular weight excluding hydrogens is 648 g/mol. The van der Waals surface area contributed by atoms with Crippen LogP contribution in [0.25, 0.3) is 10.9 Å². The lowest BCUT2D eigenvalue weighted by atomic mass is 9.65. The van der Waals surface area contributed by atoms with Crippen molar-refractivity contribution in [3.8, 4) is 11.5 Å². The van der Waals surface area contributed by atoms with E-state index in [1.54, 1.807) is 36.4 Å². The number of benzene rings is 3. The molecule has 3 saturated heterocycles. The maximum absolute atomic E-state index is 13.8. The number of hydrogen-bond acceptors (Lipinski definition) is 8. The number of phenolic OH excluding ortho intramolecular Hbond substituents is 1. The van der Waals surface area contributed by atoms with Gasteiger partial charge in [-0.1, -0.05) is 36.4 Å². The van der Waals surface area contributed by atoms with E-state index in [1.165, 1.54) is 12.1 Å². The third kappa shape index (κ3) is 7.11. The third-order valence-electron chi connectivity index (χ3n) is 11.2. The van der Waals surface area contributed by atoms with Crippen LogP contribution in [-0.4, -0.2) is 81.9 Å². The minimum atomic E-state index is -1.43. The van der Waals surface area contributed by atoms with Gasteiger partial charge in [0.25, 0.3) is 5.91 Å². The molecule has 6 N–H and O–H groups in total. The van der Waals surface area contributed by atoms with Gasteiger partial charge in [0.2, 0.25) is 5.56 Å². The van der Waals surface area contributed by atoms with E-state index in [9.17, 15) is 29.7 Å². The van der Waals surface area contributed by atoms with Crippen molar-refractivity contribution < 1.29 is 29.6 Å². The maximum Gasteiger partial charge on any atom is 0.330 e. The number of rotatable bonds is 14. The van der Waals surface area contributed by atoms with E-state index in [1.807, 2.05) is 24.3 Å². The van der Waals surface area contributed by atoms with Gasteiger partial charge in [0.15, 0.2) is 0 Å². The summed E-state index contributed by atoms with van der Waals surface area (Å²) < 4.78 is 5.99. The average Bonchev–Trinajstić information content (AvgIpc) is 3.48. The molecule has 4 aliphatic rings. The Morgan fingerprint density at radius 2 is 1.82 bits per heavy atom. The molecule has 268 valence electrons. The maximum atomic E-state index is 13.8. The Morgan fingerprint density at radius 3 is 2.61 bits per heavy atom. The van der Waals surface area contributed by atoms with Gasteiger partial charge in [-0.05, 0) is 111 Å². The number of aliphatic hydroxyl groups excluding tert-OH is 1. The van der Waals surface area contributed by atoms with Crippen LogP contribution < -0.4 is 20.9 Å². The topological polar surface area (TPSA) is 164 Å². The number of carbonyl (C=O) groups excluding carboxylic acids is 1. The Morgan fingerprint density at radius 1 is 1.00 bits per heavy atom. The number of carboxylic acids is 1. The molecule has 4 heterocycles. The van der Waals surface area contributed by atoms with Crippen LogP contribution in [-0.2, 0) is 11.2 Å². The Labute approximate surface area is 296 Å². The number of aromatic hydroxyl groups is 1. The number of phenols is 1. The van der Waals surface area contributed by atoms with Crippen molar-refractivity contribution in [1.82, 2.24) is 20.5 Å². The van der Waals surface area contributed by atoms with Gasteiger partial charge in [-0.2, -0.15) is 0 Å². The Kier molecular flexibility index (Phi) is 10.1. The highest BCUT2D eigenvalue weighted by atomic mass is 16.5. The first-order chi connectivity index (χ1) is 24.7. The molecule has 4 atom stereocenters. The van der Waals surface area contributed by atoms with E-state index < -0.39 is 23.5 Å². The van der Waals surface area contributed by atoms with Crippen molar-refractivity contribution in [2.45, 2.75) is 56.1 Å². The van der Waals surface area contributed by atoms with Gasteiger partial charge in [0.05, 0.1) is 18.2 Å². The highest BCUT2D eigenvalue weighted by Crippen LogP contribution is 2.51. The summed E-state index contributed by atoms with van der Waals surface area (Å²) in [5.74, 6) is -0.589. The lowest BCUT2D eigenvalue weighted by molar-refractivity contribution is -0.146. The molecular formula is C40H46N4O7. The van der Waals surface area contributed by atoms with E-state index in [-0.39, 0.29) is 29.6 Å². The first-order valence-corrected chi connectivity index (χ1v) is 18.1. The summed E-state index contributed by atoms with van der Waals surface area (Å²) in [5.41, 5.74) is 1.59. The first-order valence-electron chi connectivity index (χ1n) is 18.1. The van der Waals surface area contributed by atoms with Crippen molar-refractivity contribution in [2.24, 2.45) is 11.8 Å². The SMILES string of the molecule is O=C(NC1(C(=O)O)Cc2ccccc2[C@H]1C1CN2CCC1CC2)c1cccc(OCCCCCNCC(O)c2ccc(O)c3[nH]c(=O)ccc23)c1. The molecule has 11 heteroatoms. The smallest absolute Gasteiger partial charge is 0.330 e. The van der Waals surface area contributed by atoms with Crippen LogP contribution in [0.2, 0.25) is 0 Å². The van der Waals surface area contributed by atoms with E-state index in [0.29, 0.717) is 53.4 Å². The zero-order valence-corrected chi connectivity index (χ0v) is 28.6. The van der Waals surface area contributed by atoms with Crippen LogP contribution >= 0.6 is 0 Å². The van der Waals surface area contributed by atoms with Crippen LogP contribution in [0.4, 0.5) is 0 Å². The lowest BCUT2D eigenvalue weighted by Crippen LogP contribution is -2.62. The number of fused-ring (bicyclic) bond motifs is 5. The standard InChI is InChI=1S/C40H46N4O7/c45-33-13-11-30(31-12-14-35(47)42-37(31)33)34(46)23-41-17-4-1-5-20-51-28-9-6-8-26(21-28)38(48)43-40(39(49)50)22-27-7-2-3-10-29(27)36(40)32-24-44-18-15-25(32)16-19-44/h2-3,6-14,21,25,32,34,36,41,45-46H,1,4-5,15-20,22-24H2,(H,42,47)(H,43,48)(H,49,50)/t32?,34?,36-,40?/m0/s1. The Bertz CT molecular complexity index is 1950. The van der Waals surface area contributed by atoms with Gasteiger partial charge < -0.3 is 40.6 Å². The summed E-state index contributed by atoms with van der Waals surface area (Å²) in [6.45, 7) is 4.44. The molecule has 51 heavy (non-hydrogen) atoms. The molecule has 0 radical (unpaired) electrons. The Hall–Kier alpha value is -4.71. The number of unbranched alkanes of at least 4 members (excludes halogenated alkanes) is 2. The quantitative estimate of drug-likeness (QED) is 0.105.